The quantitative estimate of drug-likeness (QED) is 0.468. The minimum atomic E-state index is 0.474. The highest BCUT2D eigenvalue weighted by Crippen LogP contribution is 2.19. The first-order chi connectivity index (χ1) is 11.8. The van der Waals surface area contributed by atoms with E-state index in [1.165, 1.54) is 10.3 Å². The number of aromatic amines is 1. The monoisotopic (exact) mass is 340 g/mol. The molecule has 1 atom stereocenters. The van der Waals surface area contributed by atoms with E-state index in [1.54, 1.807) is 11.3 Å². The van der Waals surface area contributed by atoms with Gasteiger partial charge in [-0.15, -0.1) is 11.3 Å². The number of fused-ring (bicyclic) bond motifs is 1. The zero-order chi connectivity index (χ0) is 16.8. The molecule has 0 bridgehead atoms. The van der Waals surface area contributed by atoms with Crippen molar-refractivity contribution < 1.29 is 0 Å². The third-order valence-corrected chi connectivity index (χ3v) is 5.05. The molecule has 126 valence electrons. The van der Waals surface area contributed by atoms with E-state index in [4.69, 9.17) is 4.99 Å². The normalized spacial score (nSPS) is 13.2. The zero-order valence-electron chi connectivity index (χ0n) is 14.2. The van der Waals surface area contributed by atoms with Gasteiger partial charge in [-0.05, 0) is 35.9 Å². The van der Waals surface area contributed by atoms with E-state index in [9.17, 15) is 0 Å². The highest BCUT2D eigenvalue weighted by atomic mass is 32.1. The summed E-state index contributed by atoms with van der Waals surface area (Å²) in [6, 6.07) is 14.8. The summed E-state index contributed by atoms with van der Waals surface area (Å²) >= 11 is 1.80. The van der Waals surface area contributed by atoms with E-state index in [0.717, 1.165) is 30.3 Å². The predicted octanol–water partition coefficient (Wildman–Crippen LogP) is 4.09. The van der Waals surface area contributed by atoms with E-state index in [1.807, 2.05) is 6.07 Å². The van der Waals surface area contributed by atoms with Crippen LogP contribution < -0.4 is 10.6 Å². The first-order valence-electron chi connectivity index (χ1n) is 8.38. The van der Waals surface area contributed by atoms with Crippen molar-refractivity contribution in [1.29, 1.82) is 0 Å². The number of para-hydroxylation sites is 1. The fourth-order valence-electron chi connectivity index (χ4n) is 2.65. The summed E-state index contributed by atoms with van der Waals surface area (Å²) in [7, 11) is 0. The molecule has 3 N–H and O–H groups in total. The van der Waals surface area contributed by atoms with Gasteiger partial charge in [-0.3, -0.25) is 0 Å². The predicted molar refractivity (Wildman–Crippen MR) is 104 cm³/mol. The van der Waals surface area contributed by atoms with Crippen molar-refractivity contribution in [2.45, 2.75) is 26.3 Å². The molecular weight excluding hydrogens is 316 g/mol. The van der Waals surface area contributed by atoms with Gasteiger partial charge in [-0.25, -0.2) is 4.99 Å². The Balaban J connectivity index is 1.62. The topological polar surface area (TPSA) is 52.2 Å². The second kappa shape index (κ2) is 8.02. The number of H-pyrrole nitrogens is 1. The lowest BCUT2D eigenvalue weighted by atomic mass is 10.1. The standard InChI is InChI=1S/C19H24N4S/c1-3-20-19(21-12-14(2)18-9-6-10-24-18)22-13-16-11-15-7-4-5-8-17(15)23-16/h4-11,14,23H,3,12-13H2,1-2H3,(H2,20,21,22). The van der Waals surface area contributed by atoms with Gasteiger partial charge in [0.25, 0.3) is 0 Å². The second-order valence-electron chi connectivity index (χ2n) is 5.87. The van der Waals surface area contributed by atoms with Crippen LogP contribution in [-0.2, 0) is 6.54 Å². The Morgan fingerprint density at radius 3 is 2.83 bits per heavy atom. The number of guanidine groups is 1. The van der Waals surface area contributed by atoms with Crippen molar-refractivity contribution in [2.75, 3.05) is 13.1 Å². The molecule has 0 fully saturated rings. The molecule has 0 aliphatic carbocycles. The highest BCUT2D eigenvalue weighted by Gasteiger charge is 2.07. The van der Waals surface area contributed by atoms with Gasteiger partial charge < -0.3 is 15.6 Å². The second-order valence-corrected chi connectivity index (χ2v) is 6.85. The number of nitrogens with zero attached hydrogens (tertiary/aromatic N) is 1. The van der Waals surface area contributed by atoms with Gasteiger partial charge in [0, 0.05) is 35.1 Å². The minimum absolute atomic E-state index is 0.474. The van der Waals surface area contributed by atoms with Gasteiger partial charge in [0.05, 0.1) is 6.54 Å². The lowest BCUT2D eigenvalue weighted by Gasteiger charge is -2.14. The molecule has 0 aliphatic rings. The molecular formula is C19H24N4S. The number of thiophene rings is 1. The van der Waals surface area contributed by atoms with Crippen molar-refractivity contribution in [2.24, 2.45) is 4.99 Å². The summed E-state index contributed by atoms with van der Waals surface area (Å²) in [5.74, 6) is 1.33. The maximum absolute atomic E-state index is 4.70. The Morgan fingerprint density at radius 2 is 2.08 bits per heavy atom. The number of aliphatic imine (C=N–C) groups is 1. The van der Waals surface area contributed by atoms with Crippen LogP contribution in [0.4, 0.5) is 0 Å². The van der Waals surface area contributed by atoms with E-state index in [2.05, 4.69) is 71.2 Å². The SMILES string of the molecule is CCNC(=NCc1cc2ccccc2[nH]1)NCC(C)c1cccs1. The van der Waals surface area contributed by atoms with E-state index >= 15 is 0 Å². The molecule has 5 heteroatoms. The van der Waals surface area contributed by atoms with Gasteiger partial charge in [-0.1, -0.05) is 31.2 Å². The van der Waals surface area contributed by atoms with Crippen molar-refractivity contribution in [3.8, 4) is 0 Å². The summed E-state index contributed by atoms with van der Waals surface area (Å²) in [5.41, 5.74) is 2.28. The lowest BCUT2D eigenvalue weighted by molar-refractivity contribution is 0.709. The molecule has 1 unspecified atom stereocenters. The Hall–Kier alpha value is -2.27. The van der Waals surface area contributed by atoms with E-state index in [0.29, 0.717) is 12.5 Å². The van der Waals surface area contributed by atoms with Crippen LogP contribution in [0.1, 0.15) is 30.3 Å². The van der Waals surface area contributed by atoms with Gasteiger partial charge in [0.1, 0.15) is 0 Å². The van der Waals surface area contributed by atoms with E-state index < -0.39 is 0 Å². The smallest absolute Gasteiger partial charge is 0.191 e. The van der Waals surface area contributed by atoms with Crippen molar-refractivity contribution >= 4 is 28.2 Å². The first-order valence-corrected chi connectivity index (χ1v) is 9.26. The molecule has 0 saturated carbocycles. The van der Waals surface area contributed by atoms with Crippen LogP contribution in [0.15, 0.2) is 52.8 Å². The fourth-order valence-corrected chi connectivity index (χ4v) is 3.43. The molecule has 0 radical (unpaired) electrons. The van der Waals surface area contributed by atoms with Crippen LogP contribution in [0.3, 0.4) is 0 Å². The maximum Gasteiger partial charge on any atom is 0.191 e. The van der Waals surface area contributed by atoms with Crippen LogP contribution >= 0.6 is 11.3 Å². The van der Waals surface area contributed by atoms with E-state index in [-0.39, 0.29) is 0 Å². The lowest BCUT2D eigenvalue weighted by Crippen LogP contribution is -2.39. The molecule has 0 amide bonds. The number of hydrogen-bond acceptors (Lipinski definition) is 2. The summed E-state index contributed by atoms with van der Waals surface area (Å²) < 4.78 is 0. The molecule has 1 aromatic carbocycles. The maximum atomic E-state index is 4.70. The van der Waals surface area contributed by atoms with Crippen LogP contribution in [0, 0.1) is 0 Å². The Bertz CT molecular complexity index is 756. The molecule has 0 saturated heterocycles. The number of aromatic nitrogens is 1. The third-order valence-electron chi connectivity index (χ3n) is 3.94. The largest absolute Gasteiger partial charge is 0.357 e. The number of rotatable bonds is 6. The summed E-state index contributed by atoms with van der Waals surface area (Å²) in [4.78, 5) is 9.52. The average molecular weight is 340 g/mol. The molecule has 2 heterocycles. The van der Waals surface area contributed by atoms with Crippen LogP contribution in [-0.4, -0.2) is 24.0 Å². The minimum Gasteiger partial charge on any atom is -0.357 e. The molecule has 0 aliphatic heterocycles. The van der Waals surface area contributed by atoms with Gasteiger partial charge >= 0.3 is 0 Å². The van der Waals surface area contributed by atoms with Crippen molar-refractivity contribution in [3.05, 3.63) is 58.4 Å². The third kappa shape index (κ3) is 4.17. The fraction of sp³-hybridized carbons (Fsp3) is 0.316. The molecule has 24 heavy (non-hydrogen) atoms. The molecule has 2 aromatic heterocycles. The Morgan fingerprint density at radius 1 is 1.21 bits per heavy atom. The van der Waals surface area contributed by atoms with Crippen molar-refractivity contribution in [3.63, 3.8) is 0 Å². The molecule has 4 nitrogen and oxygen atoms in total. The molecule has 3 aromatic rings. The molecule has 0 spiro atoms. The summed E-state index contributed by atoms with van der Waals surface area (Å²) in [5, 5.41) is 10.1. The van der Waals surface area contributed by atoms with Gasteiger partial charge in [0.15, 0.2) is 5.96 Å². The number of benzene rings is 1. The van der Waals surface area contributed by atoms with Gasteiger partial charge in [-0.2, -0.15) is 0 Å². The van der Waals surface area contributed by atoms with Crippen molar-refractivity contribution in [1.82, 2.24) is 15.6 Å². The zero-order valence-corrected chi connectivity index (χ0v) is 15.0. The van der Waals surface area contributed by atoms with Crippen LogP contribution in [0.5, 0.6) is 0 Å². The number of nitrogens with one attached hydrogen (secondary N) is 3. The number of hydrogen-bond donors (Lipinski definition) is 3. The van der Waals surface area contributed by atoms with Crippen LogP contribution in [0.2, 0.25) is 0 Å². The molecule has 3 rings (SSSR count). The Kier molecular flexibility index (Phi) is 5.54. The summed E-state index contributed by atoms with van der Waals surface area (Å²) in [6.07, 6.45) is 0. The Labute approximate surface area is 147 Å². The van der Waals surface area contributed by atoms with Crippen LogP contribution in [0.25, 0.3) is 10.9 Å². The van der Waals surface area contributed by atoms with Gasteiger partial charge in [0.2, 0.25) is 0 Å². The average Bonchev–Trinajstić information content (AvgIpc) is 3.26. The summed E-state index contributed by atoms with van der Waals surface area (Å²) in [6.45, 7) is 6.69. The highest BCUT2D eigenvalue weighted by molar-refractivity contribution is 7.10. The first kappa shape index (κ1) is 16.6.